The minimum atomic E-state index is 0.0299. The minimum absolute atomic E-state index is 0.0299. The van der Waals surface area contributed by atoms with Gasteiger partial charge in [0, 0.05) is 31.1 Å². The fourth-order valence-corrected chi connectivity index (χ4v) is 1.41. The zero-order valence-electron chi connectivity index (χ0n) is 9.94. The predicted molar refractivity (Wildman–Crippen MR) is 63.9 cm³/mol. The molecular formula is C12H19N3O. The molecule has 1 amide bonds. The largest absolute Gasteiger partial charge is 0.352 e. The fourth-order valence-electron chi connectivity index (χ4n) is 1.41. The first-order valence-electron chi connectivity index (χ1n) is 5.66. The smallest absolute Gasteiger partial charge is 0.246 e. The summed E-state index contributed by atoms with van der Waals surface area (Å²) in [5, 5.41) is 6.97. The molecule has 1 aromatic rings. The molecule has 0 fully saturated rings. The van der Waals surface area contributed by atoms with Gasteiger partial charge in [-0.25, -0.2) is 0 Å². The Kier molecular flexibility index (Phi) is 5.32. The molecule has 0 unspecified atom stereocenters. The molecule has 1 aromatic heterocycles. The van der Waals surface area contributed by atoms with E-state index in [0.717, 1.165) is 25.0 Å². The zero-order valence-corrected chi connectivity index (χ0v) is 9.94. The van der Waals surface area contributed by atoms with Crippen LogP contribution in [0.5, 0.6) is 0 Å². The van der Waals surface area contributed by atoms with Crippen molar-refractivity contribution in [1.82, 2.24) is 15.1 Å². The molecule has 1 rings (SSSR count). The van der Waals surface area contributed by atoms with Crippen molar-refractivity contribution in [2.45, 2.75) is 33.2 Å². The number of carbonyl (C=O) groups excluding carboxylic acids is 1. The van der Waals surface area contributed by atoms with Gasteiger partial charge >= 0.3 is 0 Å². The van der Waals surface area contributed by atoms with Crippen molar-refractivity contribution in [3.63, 3.8) is 0 Å². The van der Waals surface area contributed by atoms with Crippen molar-refractivity contribution in [2.24, 2.45) is 0 Å². The van der Waals surface area contributed by atoms with Gasteiger partial charge in [-0.2, -0.15) is 5.10 Å². The van der Waals surface area contributed by atoms with E-state index in [1.165, 1.54) is 0 Å². The summed E-state index contributed by atoms with van der Waals surface area (Å²) < 4.78 is 1.86. The highest BCUT2D eigenvalue weighted by Crippen LogP contribution is 1.95. The number of amides is 1. The standard InChI is InChI=1S/C12H19N3O/c1-3-6-11(2)12(16)13-7-4-9-15-10-5-8-14-15/h5-6,8,10H,3-4,7,9H2,1-2H3,(H,13,16)/b11-6-. The number of rotatable bonds is 6. The molecule has 0 bridgehead atoms. The van der Waals surface area contributed by atoms with Crippen molar-refractivity contribution in [1.29, 1.82) is 0 Å². The molecule has 0 saturated carbocycles. The highest BCUT2D eigenvalue weighted by molar-refractivity contribution is 5.92. The van der Waals surface area contributed by atoms with Crippen LogP contribution >= 0.6 is 0 Å². The Morgan fingerprint density at radius 1 is 1.56 bits per heavy atom. The van der Waals surface area contributed by atoms with E-state index in [0.29, 0.717) is 6.54 Å². The Hall–Kier alpha value is -1.58. The van der Waals surface area contributed by atoms with Gasteiger partial charge in [-0.1, -0.05) is 13.0 Å². The van der Waals surface area contributed by atoms with E-state index < -0.39 is 0 Å². The van der Waals surface area contributed by atoms with Crippen LogP contribution < -0.4 is 5.32 Å². The average molecular weight is 221 g/mol. The van der Waals surface area contributed by atoms with E-state index >= 15 is 0 Å². The van der Waals surface area contributed by atoms with Gasteiger partial charge in [-0.05, 0) is 25.8 Å². The van der Waals surface area contributed by atoms with Crippen LogP contribution in [0.15, 0.2) is 30.1 Å². The van der Waals surface area contributed by atoms with E-state index in [1.807, 2.05) is 36.9 Å². The molecule has 0 saturated heterocycles. The molecule has 0 aliphatic heterocycles. The first-order valence-corrected chi connectivity index (χ1v) is 5.66. The van der Waals surface area contributed by atoms with E-state index in [-0.39, 0.29) is 5.91 Å². The van der Waals surface area contributed by atoms with Gasteiger partial charge in [0.25, 0.3) is 0 Å². The lowest BCUT2D eigenvalue weighted by Crippen LogP contribution is -2.25. The maximum Gasteiger partial charge on any atom is 0.246 e. The van der Waals surface area contributed by atoms with Crippen molar-refractivity contribution in [3.05, 3.63) is 30.1 Å². The fraction of sp³-hybridized carbons (Fsp3) is 0.500. The van der Waals surface area contributed by atoms with Crippen LogP contribution in [0.3, 0.4) is 0 Å². The van der Waals surface area contributed by atoms with Crippen molar-refractivity contribution in [3.8, 4) is 0 Å². The normalized spacial score (nSPS) is 11.5. The third-order valence-electron chi connectivity index (χ3n) is 2.28. The summed E-state index contributed by atoms with van der Waals surface area (Å²) in [7, 11) is 0. The van der Waals surface area contributed by atoms with Crippen LogP contribution in [0.4, 0.5) is 0 Å². The number of nitrogens with one attached hydrogen (secondary N) is 1. The van der Waals surface area contributed by atoms with Crippen LogP contribution in [0, 0.1) is 0 Å². The molecule has 0 aliphatic rings. The van der Waals surface area contributed by atoms with Crippen LogP contribution in [-0.2, 0) is 11.3 Å². The lowest BCUT2D eigenvalue weighted by molar-refractivity contribution is -0.117. The lowest BCUT2D eigenvalue weighted by atomic mass is 10.2. The van der Waals surface area contributed by atoms with Crippen LogP contribution in [0.1, 0.15) is 26.7 Å². The summed E-state index contributed by atoms with van der Waals surface area (Å²) in [6, 6.07) is 1.90. The molecule has 4 heteroatoms. The molecule has 88 valence electrons. The molecule has 0 radical (unpaired) electrons. The lowest BCUT2D eigenvalue weighted by Gasteiger charge is -2.05. The highest BCUT2D eigenvalue weighted by atomic mass is 16.1. The Morgan fingerprint density at radius 2 is 2.38 bits per heavy atom. The zero-order chi connectivity index (χ0) is 11.8. The Bertz CT molecular complexity index is 341. The SMILES string of the molecule is CC/C=C(/C)C(=O)NCCCn1cccn1. The van der Waals surface area contributed by atoms with Crippen LogP contribution in [0.2, 0.25) is 0 Å². The Labute approximate surface area is 96.3 Å². The topological polar surface area (TPSA) is 46.9 Å². The minimum Gasteiger partial charge on any atom is -0.352 e. The maximum atomic E-state index is 11.5. The summed E-state index contributed by atoms with van der Waals surface area (Å²) in [5.74, 6) is 0.0299. The number of aromatic nitrogens is 2. The molecule has 1 heterocycles. The van der Waals surface area contributed by atoms with Gasteiger partial charge in [0.1, 0.15) is 0 Å². The molecule has 4 nitrogen and oxygen atoms in total. The van der Waals surface area contributed by atoms with Crippen LogP contribution in [0.25, 0.3) is 0 Å². The Balaban J connectivity index is 2.16. The molecule has 0 aromatic carbocycles. The first-order chi connectivity index (χ1) is 7.74. The van der Waals surface area contributed by atoms with E-state index in [1.54, 1.807) is 6.20 Å². The van der Waals surface area contributed by atoms with E-state index in [4.69, 9.17) is 0 Å². The Morgan fingerprint density at radius 3 is 3.00 bits per heavy atom. The van der Waals surface area contributed by atoms with Crippen LogP contribution in [-0.4, -0.2) is 22.2 Å². The number of nitrogens with zero attached hydrogens (tertiary/aromatic N) is 2. The number of hydrogen-bond acceptors (Lipinski definition) is 2. The molecule has 0 spiro atoms. The number of hydrogen-bond donors (Lipinski definition) is 1. The quantitative estimate of drug-likeness (QED) is 0.587. The summed E-state index contributed by atoms with van der Waals surface area (Å²) in [6.45, 7) is 5.39. The van der Waals surface area contributed by atoms with Crippen molar-refractivity contribution >= 4 is 5.91 Å². The van der Waals surface area contributed by atoms with Crippen molar-refractivity contribution < 1.29 is 4.79 Å². The molecule has 0 aliphatic carbocycles. The molecule has 16 heavy (non-hydrogen) atoms. The summed E-state index contributed by atoms with van der Waals surface area (Å²) in [6.07, 6.45) is 7.40. The summed E-state index contributed by atoms with van der Waals surface area (Å²) in [4.78, 5) is 11.5. The third kappa shape index (κ3) is 4.29. The monoisotopic (exact) mass is 221 g/mol. The van der Waals surface area contributed by atoms with Gasteiger partial charge in [0.15, 0.2) is 0 Å². The van der Waals surface area contributed by atoms with Gasteiger partial charge in [-0.3, -0.25) is 9.48 Å². The number of carbonyl (C=O) groups is 1. The second-order valence-electron chi connectivity index (χ2n) is 3.67. The van der Waals surface area contributed by atoms with Gasteiger partial charge in [-0.15, -0.1) is 0 Å². The third-order valence-corrected chi connectivity index (χ3v) is 2.28. The molecule has 1 N–H and O–H groups in total. The van der Waals surface area contributed by atoms with Gasteiger partial charge in [0.2, 0.25) is 5.91 Å². The maximum absolute atomic E-state index is 11.5. The first kappa shape index (κ1) is 12.5. The average Bonchev–Trinajstić information content (AvgIpc) is 2.77. The predicted octanol–water partition coefficient (Wildman–Crippen LogP) is 1.75. The van der Waals surface area contributed by atoms with E-state index in [2.05, 4.69) is 10.4 Å². The molecular weight excluding hydrogens is 202 g/mol. The second-order valence-corrected chi connectivity index (χ2v) is 3.67. The van der Waals surface area contributed by atoms with Crippen molar-refractivity contribution in [2.75, 3.05) is 6.54 Å². The summed E-state index contributed by atoms with van der Waals surface area (Å²) in [5.41, 5.74) is 0.793. The van der Waals surface area contributed by atoms with E-state index in [9.17, 15) is 4.79 Å². The number of aryl methyl sites for hydroxylation is 1. The highest BCUT2D eigenvalue weighted by Gasteiger charge is 2.01. The second kappa shape index (κ2) is 6.82. The number of allylic oxidation sites excluding steroid dienone is 1. The molecule has 0 atom stereocenters. The van der Waals surface area contributed by atoms with Gasteiger partial charge in [0.05, 0.1) is 0 Å². The van der Waals surface area contributed by atoms with Gasteiger partial charge < -0.3 is 5.32 Å². The summed E-state index contributed by atoms with van der Waals surface area (Å²) >= 11 is 0.